The fourth-order valence-corrected chi connectivity index (χ4v) is 2.84. The van der Waals surface area contributed by atoms with E-state index in [1.807, 2.05) is 44.4 Å². The Bertz CT molecular complexity index is 453. The van der Waals surface area contributed by atoms with Crippen LogP contribution in [-0.4, -0.2) is 59.4 Å². The lowest BCUT2D eigenvalue weighted by molar-refractivity contribution is -0.147. The number of unbranched alkanes of at least 4 members (excludes halogenated alkanes) is 1. The first-order valence-electron chi connectivity index (χ1n) is 9.92. The molecule has 0 spiro atoms. The van der Waals surface area contributed by atoms with Crippen LogP contribution in [-0.2, 0) is 19.1 Å². The van der Waals surface area contributed by atoms with E-state index in [0.717, 1.165) is 19.3 Å². The normalized spacial score (nSPS) is 20.7. The van der Waals surface area contributed by atoms with Crippen LogP contribution >= 0.6 is 0 Å². The van der Waals surface area contributed by atoms with E-state index in [0.29, 0.717) is 26.1 Å². The second kappa shape index (κ2) is 12.7. The van der Waals surface area contributed by atoms with Crippen molar-refractivity contribution in [3.05, 3.63) is 0 Å². The van der Waals surface area contributed by atoms with E-state index >= 15 is 0 Å². The van der Waals surface area contributed by atoms with Crippen molar-refractivity contribution in [1.82, 2.24) is 9.80 Å². The first kappa shape index (κ1) is 24.4. The third-order valence-electron chi connectivity index (χ3n) is 4.76. The molecule has 1 aliphatic rings. The number of carbonyl (C=O) groups is 3. The Morgan fingerprint density at radius 2 is 1.58 bits per heavy atom. The summed E-state index contributed by atoms with van der Waals surface area (Å²) in [7, 11) is 0. The highest BCUT2D eigenvalue weighted by Gasteiger charge is 2.32. The van der Waals surface area contributed by atoms with Crippen LogP contribution in [0.2, 0.25) is 0 Å². The van der Waals surface area contributed by atoms with E-state index in [-0.39, 0.29) is 35.8 Å². The maximum atomic E-state index is 12.0. The minimum Gasteiger partial charge on any atom is -0.466 e. The van der Waals surface area contributed by atoms with Gasteiger partial charge in [0.1, 0.15) is 0 Å². The number of piperazine rings is 1. The lowest BCUT2D eigenvalue weighted by atomic mass is 10.1. The van der Waals surface area contributed by atoms with Gasteiger partial charge in [-0.25, -0.2) is 0 Å². The summed E-state index contributed by atoms with van der Waals surface area (Å²) in [6.45, 7) is 15.2. The van der Waals surface area contributed by atoms with E-state index in [2.05, 4.69) is 6.92 Å². The smallest absolute Gasteiger partial charge is 0.308 e. The summed E-state index contributed by atoms with van der Waals surface area (Å²) in [5.41, 5.74) is 0. The molecular formula is C20H38N2O4. The van der Waals surface area contributed by atoms with Gasteiger partial charge in [-0.2, -0.15) is 0 Å². The quantitative estimate of drug-likeness (QED) is 0.673. The van der Waals surface area contributed by atoms with Gasteiger partial charge in [0.05, 0.1) is 12.5 Å². The summed E-state index contributed by atoms with van der Waals surface area (Å²) >= 11 is 0. The second-order valence-electron chi connectivity index (χ2n) is 7.08. The summed E-state index contributed by atoms with van der Waals surface area (Å²) in [6, 6.07) is 0.272. The standard InChI is InChI=1S/C13H24N2O2.C7H14O2/c1-5-6-7-13(17)15-9-10(2)14(12(4)16)8-11(15)3;1-4-6(3)7(8)9-5-2/h10-11H,5-9H2,1-4H3;6H,4-5H2,1-3H3. The number of ether oxygens (including phenoxy) is 1. The molecule has 3 atom stereocenters. The first-order valence-corrected chi connectivity index (χ1v) is 9.92. The molecule has 1 heterocycles. The number of carbonyl (C=O) groups excluding carboxylic acids is 3. The topological polar surface area (TPSA) is 66.9 Å². The van der Waals surface area contributed by atoms with Gasteiger partial charge in [-0.3, -0.25) is 14.4 Å². The van der Waals surface area contributed by atoms with Crippen molar-refractivity contribution in [1.29, 1.82) is 0 Å². The van der Waals surface area contributed by atoms with Gasteiger partial charge >= 0.3 is 5.97 Å². The molecule has 6 nitrogen and oxygen atoms in total. The summed E-state index contributed by atoms with van der Waals surface area (Å²) in [5.74, 6) is 0.310. The fraction of sp³-hybridized carbons (Fsp3) is 0.850. The van der Waals surface area contributed by atoms with Crippen LogP contribution in [0.1, 0.15) is 74.1 Å². The van der Waals surface area contributed by atoms with Crippen molar-refractivity contribution in [2.24, 2.45) is 5.92 Å². The Labute approximate surface area is 159 Å². The molecule has 0 saturated carbocycles. The van der Waals surface area contributed by atoms with Crippen LogP contribution in [0, 0.1) is 5.92 Å². The Kier molecular flexibility index (Phi) is 11.9. The molecule has 2 amide bonds. The van der Waals surface area contributed by atoms with E-state index in [1.165, 1.54) is 0 Å². The lowest BCUT2D eigenvalue weighted by Crippen LogP contribution is -2.59. The van der Waals surface area contributed by atoms with Gasteiger partial charge in [0.15, 0.2) is 0 Å². The highest BCUT2D eigenvalue weighted by molar-refractivity contribution is 5.78. The minimum atomic E-state index is -0.0833. The molecule has 0 aromatic heterocycles. The molecule has 1 fully saturated rings. The molecule has 0 aromatic rings. The van der Waals surface area contributed by atoms with E-state index in [4.69, 9.17) is 4.74 Å². The van der Waals surface area contributed by atoms with Crippen molar-refractivity contribution < 1.29 is 19.1 Å². The fourth-order valence-electron chi connectivity index (χ4n) is 2.84. The average molecular weight is 371 g/mol. The van der Waals surface area contributed by atoms with Crippen LogP contribution in [0.4, 0.5) is 0 Å². The molecule has 1 aliphatic heterocycles. The zero-order valence-electron chi connectivity index (χ0n) is 17.7. The van der Waals surface area contributed by atoms with Gasteiger partial charge in [-0.1, -0.05) is 27.2 Å². The number of amides is 2. The maximum absolute atomic E-state index is 12.0. The largest absolute Gasteiger partial charge is 0.466 e. The zero-order valence-corrected chi connectivity index (χ0v) is 17.7. The molecule has 0 aromatic carbocycles. The van der Waals surface area contributed by atoms with E-state index in [9.17, 15) is 14.4 Å². The Hall–Kier alpha value is -1.59. The van der Waals surface area contributed by atoms with Crippen molar-refractivity contribution in [2.45, 2.75) is 86.2 Å². The predicted octanol–water partition coefficient (Wildman–Crippen LogP) is 3.24. The van der Waals surface area contributed by atoms with Crippen molar-refractivity contribution >= 4 is 17.8 Å². The van der Waals surface area contributed by atoms with Gasteiger partial charge in [0.25, 0.3) is 0 Å². The number of rotatable bonds is 6. The monoisotopic (exact) mass is 370 g/mol. The second-order valence-corrected chi connectivity index (χ2v) is 7.08. The third-order valence-corrected chi connectivity index (χ3v) is 4.76. The van der Waals surface area contributed by atoms with Crippen LogP contribution in [0.15, 0.2) is 0 Å². The zero-order chi connectivity index (χ0) is 20.3. The number of nitrogens with zero attached hydrogens (tertiary/aromatic N) is 2. The SMILES string of the molecule is CCCCC(=O)N1CC(C)N(C(C)=O)CC1C.CCOC(=O)C(C)CC. The molecule has 3 unspecified atom stereocenters. The Morgan fingerprint density at radius 3 is 2.04 bits per heavy atom. The van der Waals surface area contributed by atoms with Gasteiger partial charge < -0.3 is 14.5 Å². The molecule has 0 radical (unpaired) electrons. The third kappa shape index (κ3) is 8.19. The van der Waals surface area contributed by atoms with Gasteiger partial charge in [0, 0.05) is 38.5 Å². The highest BCUT2D eigenvalue weighted by atomic mass is 16.5. The molecule has 0 aliphatic carbocycles. The number of hydrogen-bond acceptors (Lipinski definition) is 4. The minimum absolute atomic E-state index is 0.0601. The summed E-state index contributed by atoms with van der Waals surface area (Å²) in [6.07, 6.45) is 3.49. The molecule has 0 bridgehead atoms. The Balaban J connectivity index is 0.000000590. The van der Waals surface area contributed by atoms with Crippen LogP contribution in [0.3, 0.4) is 0 Å². The van der Waals surface area contributed by atoms with Gasteiger partial charge in [0.2, 0.25) is 11.8 Å². The van der Waals surface area contributed by atoms with Crippen LogP contribution in [0.5, 0.6) is 0 Å². The predicted molar refractivity (Wildman–Crippen MR) is 104 cm³/mol. The number of esters is 1. The lowest BCUT2D eigenvalue weighted by Gasteiger charge is -2.43. The molecule has 1 saturated heterocycles. The van der Waals surface area contributed by atoms with Crippen LogP contribution in [0.25, 0.3) is 0 Å². The molecule has 0 N–H and O–H groups in total. The average Bonchev–Trinajstić information content (AvgIpc) is 2.60. The molecule has 6 heteroatoms. The van der Waals surface area contributed by atoms with Gasteiger partial charge in [-0.05, 0) is 33.6 Å². The number of hydrogen-bond donors (Lipinski definition) is 0. The molecule has 26 heavy (non-hydrogen) atoms. The van der Waals surface area contributed by atoms with E-state index < -0.39 is 0 Å². The van der Waals surface area contributed by atoms with E-state index in [1.54, 1.807) is 6.92 Å². The summed E-state index contributed by atoms with van der Waals surface area (Å²) in [4.78, 5) is 38.0. The molecular weight excluding hydrogens is 332 g/mol. The molecule has 1 rings (SSSR count). The van der Waals surface area contributed by atoms with Crippen molar-refractivity contribution in [3.63, 3.8) is 0 Å². The molecule has 152 valence electrons. The van der Waals surface area contributed by atoms with Gasteiger partial charge in [-0.15, -0.1) is 0 Å². The first-order chi connectivity index (χ1) is 12.2. The Morgan fingerprint density at radius 1 is 1.04 bits per heavy atom. The summed E-state index contributed by atoms with van der Waals surface area (Å²) in [5, 5.41) is 0. The van der Waals surface area contributed by atoms with Crippen LogP contribution < -0.4 is 0 Å². The highest BCUT2D eigenvalue weighted by Crippen LogP contribution is 2.17. The summed E-state index contributed by atoms with van der Waals surface area (Å²) < 4.78 is 4.76. The van der Waals surface area contributed by atoms with Crippen molar-refractivity contribution in [3.8, 4) is 0 Å². The maximum Gasteiger partial charge on any atom is 0.308 e. The van der Waals surface area contributed by atoms with Crippen molar-refractivity contribution in [2.75, 3.05) is 19.7 Å².